The summed E-state index contributed by atoms with van der Waals surface area (Å²) in [6.07, 6.45) is 0.932. The topological polar surface area (TPSA) is 42.0 Å². The number of benzene rings is 2. The number of amides is 1. The normalized spacial score (nSPS) is 15.3. The lowest BCUT2D eigenvalue weighted by Gasteiger charge is -2.22. The van der Waals surface area contributed by atoms with Crippen LogP contribution in [0.5, 0.6) is 11.5 Å². The molecule has 1 heterocycles. The standard InChI is InChI=1S/C23H29FN2O3/c1-17(2)29-21-10-7-19(15-22(21)28-3)23(27)26-12-4-11-25(13-14-26)16-18-5-8-20(24)9-6-18/h5-10,15,17H,4,11-14,16H2,1-3H3. The van der Waals surface area contributed by atoms with Crippen LogP contribution in [0.4, 0.5) is 4.39 Å². The highest BCUT2D eigenvalue weighted by Crippen LogP contribution is 2.29. The summed E-state index contributed by atoms with van der Waals surface area (Å²) in [7, 11) is 1.58. The first-order valence-electron chi connectivity index (χ1n) is 10.1. The minimum Gasteiger partial charge on any atom is -0.493 e. The molecule has 6 heteroatoms. The molecule has 5 nitrogen and oxygen atoms in total. The minimum atomic E-state index is -0.221. The second kappa shape index (κ2) is 9.74. The molecule has 0 atom stereocenters. The Labute approximate surface area is 172 Å². The fourth-order valence-electron chi connectivity index (χ4n) is 3.51. The van der Waals surface area contributed by atoms with Gasteiger partial charge >= 0.3 is 0 Å². The SMILES string of the molecule is COc1cc(C(=O)N2CCCN(Cc3ccc(F)cc3)CC2)ccc1OC(C)C. The molecule has 1 amide bonds. The summed E-state index contributed by atoms with van der Waals surface area (Å²) in [6.45, 7) is 7.73. The van der Waals surface area contributed by atoms with Crippen LogP contribution in [0.1, 0.15) is 36.2 Å². The number of nitrogens with zero attached hydrogens (tertiary/aromatic N) is 2. The van der Waals surface area contributed by atoms with E-state index in [2.05, 4.69) is 4.90 Å². The highest BCUT2D eigenvalue weighted by Gasteiger charge is 2.21. The Bertz CT molecular complexity index is 823. The van der Waals surface area contributed by atoms with Crippen molar-refractivity contribution in [3.63, 3.8) is 0 Å². The third-order valence-corrected chi connectivity index (χ3v) is 4.97. The molecule has 156 valence electrons. The van der Waals surface area contributed by atoms with Crippen LogP contribution in [-0.4, -0.2) is 55.1 Å². The van der Waals surface area contributed by atoms with Crippen molar-refractivity contribution < 1.29 is 18.7 Å². The fraction of sp³-hybridized carbons (Fsp3) is 0.435. The number of ether oxygens (including phenoxy) is 2. The Morgan fingerprint density at radius 1 is 1.03 bits per heavy atom. The van der Waals surface area contributed by atoms with Crippen molar-refractivity contribution in [2.45, 2.75) is 32.9 Å². The van der Waals surface area contributed by atoms with Gasteiger partial charge < -0.3 is 14.4 Å². The number of carbonyl (C=O) groups excluding carboxylic acids is 1. The zero-order chi connectivity index (χ0) is 20.8. The highest BCUT2D eigenvalue weighted by atomic mass is 19.1. The van der Waals surface area contributed by atoms with E-state index in [1.165, 1.54) is 12.1 Å². The first-order chi connectivity index (χ1) is 14.0. The summed E-state index contributed by atoms with van der Waals surface area (Å²) < 4.78 is 24.2. The van der Waals surface area contributed by atoms with Gasteiger partial charge in [-0.1, -0.05) is 12.1 Å². The molecule has 0 saturated carbocycles. The number of rotatable bonds is 6. The predicted molar refractivity (Wildman–Crippen MR) is 111 cm³/mol. The molecule has 0 aromatic heterocycles. The van der Waals surface area contributed by atoms with E-state index in [4.69, 9.17) is 9.47 Å². The molecule has 0 bridgehead atoms. The van der Waals surface area contributed by atoms with Crippen molar-refractivity contribution in [2.24, 2.45) is 0 Å². The maximum atomic E-state index is 13.1. The quantitative estimate of drug-likeness (QED) is 0.736. The van der Waals surface area contributed by atoms with Gasteiger partial charge in [-0.2, -0.15) is 0 Å². The lowest BCUT2D eigenvalue weighted by molar-refractivity contribution is 0.0760. The van der Waals surface area contributed by atoms with Gasteiger partial charge in [0, 0.05) is 38.3 Å². The smallest absolute Gasteiger partial charge is 0.254 e. The third-order valence-electron chi connectivity index (χ3n) is 4.97. The lowest BCUT2D eigenvalue weighted by Crippen LogP contribution is -2.35. The molecule has 0 unspecified atom stereocenters. The second-order valence-electron chi connectivity index (χ2n) is 7.58. The molecular formula is C23H29FN2O3. The van der Waals surface area contributed by atoms with E-state index in [1.54, 1.807) is 25.3 Å². The molecule has 29 heavy (non-hydrogen) atoms. The number of methoxy groups -OCH3 is 1. The van der Waals surface area contributed by atoms with Crippen LogP contribution < -0.4 is 9.47 Å². The van der Waals surface area contributed by atoms with Gasteiger partial charge in [-0.3, -0.25) is 9.69 Å². The molecule has 0 N–H and O–H groups in total. The van der Waals surface area contributed by atoms with Gasteiger partial charge in [0.25, 0.3) is 5.91 Å². The van der Waals surface area contributed by atoms with Gasteiger partial charge in [-0.05, 0) is 56.2 Å². The summed E-state index contributed by atoms with van der Waals surface area (Å²) in [5, 5.41) is 0. The summed E-state index contributed by atoms with van der Waals surface area (Å²) >= 11 is 0. The number of hydrogen-bond acceptors (Lipinski definition) is 4. The molecule has 0 spiro atoms. The summed E-state index contributed by atoms with van der Waals surface area (Å²) in [6, 6.07) is 12.0. The molecule has 0 radical (unpaired) electrons. The number of halogens is 1. The molecule has 1 saturated heterocycles. The van der Waals surface area contributed by atoms with E-state index in [0.29, 0.717) is 30.2 Å². The number of carbonyl (C=O) groups is 1. The highest BCUT2D eigenvalue weighted by molar-refractivity contribution is 5.95. The molecule has 1 fully saturated rings. The lowest BCUT2D eigenvalue weighted by atomic mass is 10.1. The van der Waals surface area contributed by atoms with Crippen LogP contribution in [0.2, 0.25) is 0 Å². The van der Waals surface area contributed by atoms with E-state index in [1.807, 2.05) is 30.9 Å². The van der Waals surface area contributed by atoms with Crippen molar-refractivity contribution in [2.75, 3.05) is 33.3 Å². The summed E-state index contributed by atoms with van der Waals surface area (Å²) in [5.41, 5.74) is 1.68. The summed E-state index contributed by atoms with van der Waals surface area (Å²) in [4.78, 5) is 17.2. The Morgan fingerprint density at radius 3 is 2.48 bits per heavy atom. The van der Waals surface area contributed by atoms with Crippen molar-refractivity contribution in [3.8, 4) is 11.5 Å². The molecular weight excluding hydrogens is 371 g/mol. The Morgan fingerprint density at radius 2 is 1.79 bits per heavy atom. The van der Waals surface area contributed by atoms with E-state index in [0.717, 1.165) is 31.6 Å². The second-order valence-corrected chi connectivity index (χ2v) is 7.58. The number of hydrogen-bond donors (Lipinski definition) is 0. The molecule has 1 aliphatic heterocycles. The molecule has 1 aliphatic rings. The van der Waals surface area contributed by atoms with Gasteiger partial charge in [0.1, 0.15) is 5.82 Å². The van der Waals surface area contributed by atoms with Crippen molar-refractivity contribution in [1.29, 1.82) is 0 Å². The minimum absolute atomic E-state index is 0.00280. The predicted octanol–water partition coefficient (Wildman–Crippen LogP) is 3.97. The molecule has 0 aliphatic carbocycles. The zero-order valence-electron chi connectivity index (χ0n) is 17.4. The Kier molecular flexibility index (Phi) is 7.09. The zero-order valence-corrected chi connectivity index (χ0v) is 17.4. The Hall–Kier alpha value is -2.60. The largest absolute Gasteiger partial charge is 0.493 e. The van der Waals surface area contributed by atoms with Crippen molar-refractivity contribution >= 4 is 5.91 Å². The van der Waals surface area contributed by atoms with Gasteiger partial charge in [-0.25, -0.2) is 4.39 Å². The van der Waals surface area contributed by atoms with Gasteiger partial charge in [-0.15, -0.1) is 0 Å². The molecule has 2 aromatic carbocycles. The van der Waals surface area contributed by atoms with Crippen LogP contribution in [-0.2, 0) is 6.54 Å². The van der Waals surface area contributed by atoms with E-state index < -0.39 is 0 Å². The monoisotopic (exact) mass is 400 g/mol. The van der Waals surface area contributed by atoms with E-state index in [-0.39, 0.29) is 17.8 Å². The first kappa shape index (κ1) is 21.1. The van der Waals surface area contributed by atoms with E-state index >= 15 is 0 Å². The van der Waals surface area contributed by atoms with Crippen molar-refractivity contribution in [1.82, 2.24) is 9.80 Å². The van der Waals surface area contributed by atoms with E-state index in [9.17, 15) is 9.18 Å². The average Bonchev–Trinajstić information content (AvgIpc) is 2.94. The van der Waals surface area contributed by atoms with Gasteiger partial charge in [0.05, 0.1) is 13.2 Å². The first-order valence-corrected chi connectivity index (χ1v) is 10.1. The van der Waals surface area contributed by atoms with Gasteiger partial charge in [0.2, 0.25) is 0 Å². The van der Waals surface area contributed by atoms with Crippen molar-refractivity contribution in [3.05, 3.63) is 59.4 Å². The maximum absolute atomic E-state index is 13.1. The van der Waals surface area contributed by atoms with Crippen LogP contribution in [0.3, 0.4) is 0 Å². The van der Waals surface area contributed by atoms with Crippen LogP contribution in [0.15, 0.2) is 42.5 Å². The van der Waals surface area contributed by atoms with Crippen LogP contribution in [0.25, 0.3) is 0 Å². The third kappa shape index (κ3) is 5.70. The van der Waals surface area contributed by atoms with Crippen LogP contribution >= 0.6 is 0 Å². The van der Waals surface area contributed by atoms with Crippen LogP contribution in [0, 0.1) is 5.82 Å². The molecule has 2 aromatic rings. The summed E-state index contributed by atoms with van der Waals surface area (Å²) in [5.74, 6) is 0.988. The molecule has 3 rings (SSSR count). The Balaban J connectivity index is 1.63. The van der Waals surface area contributed by atoms with Gasteiger partial charge in [0.15, 0.2) is 11.5 Å². The maximum Gasteiger partial charge on any atom is 0.254 e. The fourth-order valence-corrected chi connectivity index (χ4v) is 3.51. The average molecular weight is 400 g/mol.